The molecule has 2 unspecified atom stereocenters. The second-order valence-corrected chi connectivity index (χ2v) is 6.43. The number of rotatable bonds is 3. The first-order valence-corrected chi connectivity index (χ1v) is 7.74. The summed E-state index contributed by atoms with van der Waals surface area (Å²) < 4.78 is 0. The van der Waals surface area contributed by atoms with Crippen LogP contribution < -0.4 is 0 Å². The predicted molar refractivity (Wildman–Crippen MR) is 81.9 cm³/mol. The zero-order valence-electron chi connectivity index (χ0n) is 12.8. The average Bonchev–Trinajstić information content (AvgIpc) is 2.62. The van der Waals surface area contributed by atoms with E-state index < -0.39 is 0 Å². The molecule has 1 saturated heterocycles. The second-order valence-electron chi connectivity index (χ2n) is 6.43. The molecule has 0 radical (unpaired) electrons. The molecule has 112 valence electrons. The van der Waals surface area contributed by atoms with Crippen molar-refractivity contribution in [2.24, 2.45) is 11.8 Å². The van der Waals surface area contributed by atoms with E-state index in [1.165, 1.54) is 25.3 Å². The molecule has 1 aromatic rings. The Hall–Kier alpha value is -1.22. The highest BCUT2D eigenvalue weighted by Gasteiger charge is 2.23. The maximum atomic E-state index is 9.63. The van der Waals surface area contributed by atoms with E-state index in [4.69, 9.17) is 0 Å². The zero-order valence-corrected chi connectivity index (χ0v) is 12.8. The van der Waals surface area contributed by atoms with Gasteiger partial charge in [-0.25, -0.2) is 0 Å². The van der Waals surface area contributed by atoms with Crippen LogP contribution in [-0.2, 0) is 0 Å². The monoisotopic (exact) mass is 277 g/mol. The van der Waals surface area contributed by atoms with Gasteiger partial charge in [0.05, 0.1) is 0 Å². The number of benzene rings is 1. The molecular formula is C17H27NO2. The van der Waals surface area contributed by atoms with Crippen molar-refractivity contribution in [3.05, 3.63) is 23.8 Å². The number of aromatic hydroxyl groups is 2. The summed E-state index contributed by atoms with van der Waals surface area (Å²) >= 11 is 0. The molecule has 1 aliphatic rings. The first kappa shape index (κ1) is 15.2. The molecule has 0 saturated carbocycles. The number of hydrogen-bond donors (Lipinski definition) is 2. The summed E-state index contributed by atoms with van der Waals surface area (Å²) in [5.74, 6) is 1.86. The minimum absolute atomic E-state index is 0.140. The molecular weight excluding hydrogens is 250 g/mol. The third kappa shape index (κ3) is 3.66. The largest absolute Gasteiger partial charge is 0.508 e. The number of phenolic OH excluding ortho intramolecular Hbond substituents is 2. The van der Waals surface area contributed by atoms with Crippen LogP contribution in [0, 0.1) is 11.8 Å². The van der Waals surface area contributed by atoms with E-state index in [1.54, 1.807) is 12.1 Å². The van der Waals surface area contributed by atoms with Crippen LogP contribution in [0.2, 0.25) is 0 Å². The molecule has 20 heavy (non-hydrogen) atoms. The second kappa shape index (κ2) is 6.49. The fourth-order valence-electron chi connectivity index (χ4n) is 3.27. The van der Waals surface area contributed by atoms with Gasteiger partial charge in [-0.05, 0) is 68.8 Å². The smallest absolute Gasteiger partial charge is 0.119 e. The van der Waals surface area contributed by atoms with Crippen molar-refractivity contribution in [3.63, 3.8) is 0 Å². The Balaban J connectivity index is 2.07. The minimum atomic E-state index is 0.140. The van der Waals surface area contributed by atoms with Gasteiger partial charge in [0.1, 0.15) is 11.5 Å². The molecule has 0 amide bonds. The summed E-state index contributed by atoms with van der Waals surface area (Å²) in [5.41, 5.74) is 0.991. The minimum Gasteiger partial charge on any atom is -0.508 e. The number of nitrogens with zero attached hydrogens (tertiary/aromatic N) is 1. The SMILES string of the molecule is CC(C)C1CCCN(C(C)c2cc(O)cc(O)c2)CC1. The Morgan fingerprint density at radius 3 is 2.25 bits per heavy atom. The molecule has 1 aliphatic heterocycles. The standard InChI is InChI=1S/C17H27NO2/c1-12(2)14-5-4-7-18(8-6-14)13(3)15-9-16(19)11-17(20)10-15/h9-14,19-20H,4-8H2,1-3H3. The summed E-state index contributed by atoms with van der Waals surface area (Å²) in [6.45, 7) is 8.99. The predicted octanol–water partition coefficient (Wildman–Crippen LogP) is 3.92. The van der Waals surface area contributed by atoms with Crippen LogP contribution in [0.1, 0.15) is 51.6 Å². The van der Waals surface area contributed by atoms with Crippen molar-refractivity contribution in [1.82, 2.24) is 4.90 Å². The highest BCUT2D eigenvalue weighted by Crippen LogP contribution is 2.31. The zero-order chi connectivity index (χ0) is 14.7. The van der Waals surface area contributed by atoms with Gasteiger partial charge in [0.25, 0.3) is 0 Å². The summed E-state index contributed by atoms with van der Waals surface area (Å²) in [6.07, 6.45) is 3.79. The molecule has 2 rings (SSSR count). The molecule has 3 heteroatoms. The van der Waals surface area contributed by atoms with Gasteiger partial charge in [0.2, 0.25) is 0 Å². The lowest BCUT2D eigenvalue weighted by Gasteiger charge is -2.28. The lowest BCUT2D eigenvalue weighted by atomic mass is 9.89. The van der Waals surface area contributed by atoms with Gasteiger partial charge in [-0.1, -0.05) is 13.8 Å². The Labute approximate surface area is 122 Å². The number of hydrogen-bond acceptors (Lipinski definition) is 3. The van der Waals surface area contributed by atoms with Gasteiger partial charge in [0, 0.05) is 12.1 Å². The summed E-state index contributed by atoms with van der Waals surface area (Å²) in [4.78, 5) is 2.47. The summed E-state index contributed by atoms with van der Waals surface area (Å²) in [6, 6.07) is 5.14. The van der Waals surface area contributed by atoms with Crippen LogP contribution in [0.3, 0.4) is 0 Å². The topological polar surface area (TPSA) is 43.7 Å². The van der Waals surface area contributed by atoms with E-state index in [9.17, 15) is 10.2 Å². The Kier molecular flexibility index (Phi) is 4.92. The molecule has 1 heterocycles. The van der Waals surface area contributed by atoms with Gasteiger partial charge in [0.15, 0.2) is 0 Å². The third-order valence-electron chi connectivity index (χ3n) is 4.71. The fourth-order valence-corrected chi connectivity index (χ4v) is 3.27. The van der Waals surface area contributed by atoms with Gasteiger partial charge in [-0.2, -0.15) is 0 Å². The molecule has 2 N–H and O–H groups in total. The lowest BCUT2D eigenvalue weighted by molar-refractivity contribution is 0.212. The van der Waals surface area contributed by atoms with Gasteiger partial charge >= 0.3 is 0 Å². The van der Waals surface area contributed by atoms with E-state index in [2.05, 4.69) is 25.7 Å². The van der Waals surface area contributed by atoms with E-state index >= 15 is 0 Å². The van der Waals surface area contributed by atoms with Crippen molar-refractivity contribution < 1.29 is 10.2 Å². The number of phenols is 2. The van der Waals surface area contributed by atoms with Crippen LogP contribution in [0.25, 0.3) is 0 Å². The van der Waals surface area contributed by atoms with Gasteiger partial charge in [-0.15, -0.1) is 0 Å². The Morgan fingerprint density at radius 2 is 1.65 bits per heavy atom. The van der Waals surface area contributed by atoms with Crippen LogP contribution >= 0.6 is 0 Å². The van der Waals surface area contributed by atoms with Crippen LogP contribution in [-0.4, -0.2) is 28.2 Å². The van der Waals surface area contributed by atoms with Crippen molar-refractivity contribution >= 4 is 0 Å². The molecule has 0 bridgehead atoms. The average molecular weight is 277 g/mol. The molecule has 1 fully saturated rings. The number of likely N-dealkylation sites (tertiary alicyclic amines) is 1. The van der Waals surface area contributed by atoms with Crippen molar-refractivity contribution in [2.45, 2.75) is 46.1 Å². The van der Waals surface area contributed by atoms with Crippen LogP contribution in [0.5, 0.6) is 11.5 Å². The van der Waals surface area contributed by atoms with E-state index in [-0.39, 0.29) is 17.5 Å². The third-order valence-corrected chi connectivity index (χ3v) is 4.71. The van der Waals surface area contributed by atoms with Crippen molar-refractivity contribution in [1.29, 1.82) is 0 Å². The molecule has 0 aliphatic carbocycles. The molecule has 2 atom stereocenters. The Morgan fingerprint density at radius 1 is 1.00 bits per heavy atom. The van der Waals surface area contributed by atoms with E-state index in [0.717, 1.165) is 30.5 Å². The van der Waals surface area contributed by atoms with E-state index in [1.807, 2.05) is 0 Å². The maximum absolute atomic E-state index is 9.63. The van der Waals surface area contributed by atoms with Crippen molar-refractivity contribution in [2.75, 3.05) is 13.1 Å². The van der Waals surface area contributed by atoms with Gasteiger partial charge < -0.3 is 10.2 Å². The van der Waals surface area contributed by atoms with Crippen LogP contribution in [0.4, 0.5) is 0 Å². The molecule has 0 spiro atoms. The molecule has 0 aromatic heterocycles. The summed E-state index contributed by atoms with van der Waals surface area (Å²) in [7, 11) is 0. The quantitative estimate of drug-likeness (QED) is 0.880. The maximum Gasteiger partial charge on any atom is 0.119 e. The summed E-state index contributed by atoms with van der Waals surface area (Å²) in [5, 5.41) is 19.3. The molecule has 1 aromatic carbocycles. The first-order chi connectivity index (χ1) is 9.47. The highest BCUT2D eigenvalue weighted by atomic mass is 16.3. The Bertz CT molecular complexity index is 424. The first-order valence-electron chi connectivity index (χ1n) is 7.74. The highest BCUT2D eigenvalue weighted by molar-refractivity contribution is 5.38. The normalized spacial score (nSPS) is 22.7. The molecule has 3 nitrogen and oxygen atoms in total. The lowest BCUT2D eigenvalue weighted by Crippen LogP contribution is -2.28. The fraction of sp³-hybridized carbons (Fsp3) is 0.647. The van der Waals surface area contributed by atoms with Gasteiger partial charge in [-0.3, -0.25) is 4.90 Å². The van der Waals surface area contributed by atoms with Crippen LogP contribution in [0.15, 0.2) is 18.2 Å². The van der Waals surface area contributed by atoms with Crippen molar-refractivity contribution in [3.8, 4) is 11.5 Å². The van der Waals surface area contributed by atoms with E-state index in [0.29, 0.717) is 0 Å².